The molecule has 0 bridgehead atoms. The topological polar surface area (TPSA) is 101 Å². The lowest BCUT2D eigenvalue weighted by atomic mass is 9.81. The minimum absolute atomic E-state index is 0. The van der Waals surface area contributed by atoms with Crippen molar-refractivity contribution in [3.8, 4) is 0 Å². The number of nitro groups is 1. The van der Waals surface area contributed by atoms with Crippen LogP contribution in [0.25, 0.3) is 0 Å². The molecule has 0 radical (unpaired) electrons. The average Bonchev–Trinajstić information content (AvgIpc) is 2.46. The molecule has 1 aromatic carbocycles. The van der Waals surface area contributed by atoms with Crippen LogP contribution in [0.5, 0.6) is 0 Å². The number of hydrogen-bond donors (Lipinski definition) is 2. The van der Waals surface area contributed by atoms with E-state index >= 15 is 0 Å². The van der Waals surface area contributed by atoms with Crippen molar-refractivity contribution >= 4 is 39.7 Å². The molecule has 23 heavy (non-hydrogen) atoms. The zero-order valence-electron chi connectivity index (χ0n) is 12.5. The molecule has 0 amide bonds. The zero-order valence-corrected chi connectivity index (χ0v) is 14.9. The number of nitro benzene ring substituents is 1. The Hall–Kier alpha value is -0.930. The molecule has 0 spiro atoms. The monoisotopic (exact) mass is 383 g/mol. The van der Waals surface area contributed by atoms with Gasteiger partial charge in [-0.25, -0.2) is 13.1 Å². The Morgan fingerprint density at radius 1 is 1.39 bits per heavy atom. The fourth-order valence-corrected chi connectivity index (χ4v) is 4.11. The van der Waals surface area contributed by atoms with E-state index in [1.54, 1.807) is 0 Å². The number of nitrogens with one attached hydrogen (secondary N) is 2. The van der Waals surface area contributed by atoms with E-state index in [0.29, 0.717) is 6.54 Å². The number of halogens is 2. The maximum absolute atomic E-state index is 12.3. The molecule has 1 aliphatic heterocycles. The minimum atomic E-state index is -3.80. The summed E-state index contributed by atoms with van der Waals surface area (Å²) in [6.07, 6.45) is 1.76. The molecule has 2 rings (SSSR count). The molecule has 0 atom stereocenters. The number of piperidine rings is 1. The molecule has 130 valence electrons. The minimum Gasteiger partial charge on any atom is -0.317 e. The van der Waals surface area contributed by atoms with E-state index in [2.05, 4.69) is 10.0 Å². The van der Waals surface area contributed by atoms with Gasteiger partial charge in [0, 0.05) is 18.7 Å². The number of rotatable bonds is 5. The molecule has 0 unspecified atom stereocenters. The molecule has 0 saturated carbocycles. The number of nitrogens with zero attached hydrogens (tertiary/aromatic N) is 1. The van der Waals surface area contributed by atoms with Crippen molar-refractivity contribution in [3.05, 3.63) is 33.3 Å². The van der Waals surface area contributed by atoms with Crippen molar-refractivity contribution in [2.75, 3.05) is 19.6 Å². The number of benzene rings is 1. The smallest absolute Gasteiger partial charge is 0.271 e. The van der Waals surface area contributed by atoms with Crippen molar-refractivity contribution in [3.63, 3.8) is 0 Å². The van der Waals surface area contributed by atoms with Crippen molar-refractivity contribution < 1.29 is 13.3 Å². The molecule has 1 aromatic rings. The normalized spacial score (nSPS) is 17.3. The van der Waals surface area contributed by atoms with Crippen molar-refractivity contribution in [2.45, 2.75) is 24.7 Å². The van der Waals surface area contributed by atoms with Crippen LogP contribution < -0.4 is 10.0 Å². The zero-order chi connectivity index (χ0) is 16.4. The molecule has 1 aliphatic rings. The Balaban J connectivity index is 0.00000264. The Bertz CT molecular complexity index is 676. The van der Waals surface area contributed by atoms with Crippen LogP contribution in [0, 0.1) is 15.5 Å². The van der Waals surface area contributed by atoms with E-state index in [1.165, 1.54) is 0 Å². The van der Waals surface area contributed by atoms with Gasteiger partial charge in [-0.2, -0.15) is 0 Å². The lowest BCUT2D eigenvalue weighted by molar-refractivity contribution is -0.384. The standard InChI is InChI=1S/C13H18ClN3O4S.ClH/c1-13(4-6-15-7-5-13)9-16-22(20,21)12-3-2-10(17(18)19)8-11(12)14;/h2-3,8,15-16H,4-7,9H2,1H3;1H. The van der Waals surface area contributed by atoms with Crippen LogP contribution in [-0.4, -0.2) is 33.0 Å². The molecular formula is C13H19Cl2N3O4S. The molecule has 1 fully saturated rings. The first kappa shape index (κ1) is 20.1. The molecular weight excluding hydrogens is 365 g/mol. The lowest BCUT2D eigenvalue weighted by Gasteiger charge is -2.34. The first-order chi connectivity index (χ1) is 10.2. The summed E-state index contributed by atoms with van der Waals surface area (Å²) in [6, 6.07) is 3.34. The van der Waals surface area contributed by atoms with E-state index in [0.717, 1.165) is 44.1 Å². The van der Waals surface area contributed by atoms with Crippen molar-refractivity contribution in [2.24, 2.45) is 5.41 Å². The molecule has 1 heterocycles. The summed E-state index contributed by atoms with van der Waals surface area (Å²) in [6.45, 7) is 4.06. The molecule has 10 heteroatoms. The van der Waals surface area contributed by atoms with Crippen LogP contribution in [0.4, 0.5) is 5.69 Å². The Labute approximate surface area is 146 Å². The number of non-ortho nitro benzene ring substituents is 1. The number of sulfonamides is 1. The first-order valence-corrected chi connectivity index (χ1v) is 8.74. The van der Waals surface area contributed by atoms with Gasteiger partial charge >= 0.3 is 0 Å². The van der Waals surface area contributed by atoms with Gasteiger partial charge in [-0.15, -0.1) is 12.4 Å². The average molecular weight is 384 g/mol. The maximum atomic E-state index is 12.3. The van der Waals surface area contributed by atoms with Crippen molar-refractivity contribution in [1.82, 2.24) is 10.0 Å². The second-order valence-electron chi connectivity index (χ2n) is 5.76. The first-order valence-electron chi connectivity index (χ1n) is 6.88. The van der Waals surface area contributed by atoms with E-state index < -0.39 is 14.9 Å². The predicted octanol–water partition coefficient (Wildman–Crippen LogP) is 2.34. The van der Waals surface area contributed by atoms with E-state index in [9.17, 15) is 18.5 Å². The third-order valence-corrected chi connectivity index (χ3v) is 5.80. The summed E-state index contributed by atoms with van der Waals surface area (Å²) < 4.78 is 27.2. The van der Waals surface area contributed by atoms with Gasteiger partial charge in [0.25, 0.3) is 5.69 Å². The van der Waals surface area contributed by atoms with Gasteiger partial charge in [0.05, 0.1) is 9.95 Å². The van der Waals surface area contributed by atoms with Crippen LogP contribution in [-0.2, 0) is 10.0 Å². The lowest BCUT2D eigenvalue weighted by Crippen LogP contribution is -2.42. The largest absolute Gasteiger partial charge is 0.317 e. The van der Waals surface area contributed by atoms with Gasteiger partial charge < -0.3 is 5.32 Å². The van der Waals surface area contributed by atoms with Crippen LogP contribution in [0.2, 0.25) is 5.02 Å². The van der Waals surface area contributed by atoms with Crippen LogP contribution >= 0.6 is 24.0 Å². The third-order valence-electron chi connectivity index (χ3n) is 3.92. The molecule has 1 saturated heterocycles. The summed E-state index contributed by atoms with van der Waals surface area (Å²) in [5.41, 5.74) is -0.347. The summed E-state index contributed by atoms with van der Waals surface area (Å²) in [7, 11) is -3.80. The van der Waals surface area contributed by atoms with Gasteiger partial charge in [-0.3, -0.25) is 10.1 Å². The summed E-state index contributed by atoms with van der Waals surface area (Å²) in [5.74, 6) is 0. The predicted molar refractivity (Wildman–Crippen MR) is 90.8 cm³/mol. The SMILES string of the molecule is CC1(CNS(=O)(=O)c2ccc([N+](=O)[O-])cc2Cl)CCNCC1.Cl. The van der Waals surface area contributed by atoms with Crippen LogP contribution in [0.15, 0.2) is 23.1 Å². The van der Waals surface area contributed by atoms with Gasteiger partial charge in [-0.05, 0) is 37.4 Å². The molecule has 2 N–H and O–H groups in total. The Morgan fingerprint density at radius 2 is 2.00 bits per heavy atom. The third kappa shape index (κ3) is 5.02. The summed E-state index contributed by atoms with van der Waals surface area (Å²) in [5, 5.41) is 13.7. The molecule has 0 aliphatic carbocycles. The maximum Gasteiger partial charge on any atom is 0.271 e. The summed E-state index contributed by atoms with van der Waals surface area (Å²) >= 11 is 5.88. The van der Waals surface area contributed by atoms with E-state index in [-0.39, 0.29) is 33.4 Å². The van der Waals surface area contributed by atoms with Gasteiger partial charge in [-0.1, -0.05) is 18.5 Å². The second kappa shape index (κ2) is 7.76. The quantitative estimate of drug-likeness (QED) is 0.599. The molecule has 7 nitrogen and oxygen atoms in total. The molecule has 0 aromatic heterocycles. The van der Waals surface area contributed by atoms with Crippen molar-refractivity contribution in [1.29, 1.82) is 0 Å². The highest BCUT2D eigenvalue weighted by Crippen LogP contribution is 2.29. The van der Waals surface area contributed by atoms with Gasteiger partial charge in [0.1, 0.15) is 4.90 Å². The van der Waals surface area contributed by atoms with Crippen LogP contribution in [0.1, 0.15) is 19.8 Å². The van der Waals surface area contributed by atoms with E-state index in [1.807, 2.05) is 6.92 Å². The number of hydrogen-bond acceptors (Lipinski definition) is 5. The van der Waals surface area contributed by atoms with Gasteiger partial charge in [0.15, 0.2) is 0 Å². The second-order valence-corrected chi connectivity index (χ2v) is 7.90. The van der Waals surface area contributed by atoms with E-state index in [4.69, 9.17) is 11.6 Å². The Kier molecular flexibility index (Phi) is 6.79. The highest BCUT2D eigenvalue weighted by molar-refractivity contribution is 7.89. The highest BCUT2D eigenvalue weighted by atomic mass is 35.5. The Morgan fingerprint density at radius 3 is 2.52 bits per heavy atom. The summed E-state index contributed by atoms with van der Waals surface area (Å²) in [4.78, 5) is 9.90. The fourth-order valence-electron chi connectivity index (χ4n) is 2.38. The van der Waals surface area contributed by atoms with Crippen LogP contribution in [0.3, 0.4) is 0 Å². The fraction of sp³-hybridized carbons (Fsp3) is 0.538. The highest BCUT2D eigenvalue weighted by Gasteiger charge is 2.29. The van der Waals surface area contributed by atoms with Gasteiger partial charge in [0.2, 0.25) is 10.0 Å².